The van der Waals surface area contributed by atoms with E-state index in [1.165, 1.54) is 0 Å². The molecular weight excluding hydrogens is 388 g/mol. The number of aliphatic hydroxyl groups is 1. The third kappa shape index (κ3) is 3.34. The minimum absolute atomic E-state index is 0.157. The number of hydrogen-bond acceptors (Lipinski definition) is 3. The van der Waals surface area contributed by atoms with E-state index in [0.717, 1.165) is 33.3 Å². The number of rotatable bonds is 3. The molecule has 4 rings (SSSR count). The fraction of sp³-hybridized carbons (Fsp3) is 0.308. The molecule has 0 saturated carbocycles. The second-order valence-electron chi connectivity index (χ2n) is 9.47. The Morgan fingerprint density at radius 1 is 1.03 bits per heavy atom. The van der Waals surface area contributed by atoms with Gasteiger partial charge in [-0.25, -0.2) is 0 Å². The molecule has 1 amide bonds. The molecule has 5 nitrogen and oxygen atoms in total. The maximum absolute atomic E-state index is 13.5. The first-order valence-electron chi connectivity index (χ1n) is 10.5. The largest absolute Gasteiger partial charge is 0.503 e. The standard InChI is InChI=1S/C26H28N2O3/c1-14-11-15(2)13-17(12-14)28-22(20-16(3)27-19-10-8-7-9-18(19)20)21(23(29)25(28)31)24(30)26(4,5)6/h7-13,22,27,29H,1-6H3. The van der Waals surface area contributed by atoms with E-state index in [1.54, 1.807) is 25.7 Å². The zero-order valence-electron chi connectivity index (χ0n) is 18.8. The number of benzene rings is 2. The van der Waals surface area contributed by atoms with Crippen LogP contribution < -0.4 is 4.90 Å². The average Bonchev–Trinajstić information content (AvgIpc) is 3.12. The lowest BCUT2D eigenvalue weighted by Crippen LogP contribution is -2.33. The number of nitrogens with one attached hydrogen (secondary N) is 1. The van der Waals surface area contributed by atoms with E-state index in [-0.39, 0.29) is 11.4 Å². The van der Waals surface area contributed by atoms with Gasteiger partial charge in [-0.3, -0.25) is 14.5 Å². The van der Waals surface area contributed by atoms with E-state index in [9.17, 15) is 14.7 Å². The van der Waals surface area contributed by atoms with E-state index in [2.05, 4.69) is 4.98 Å². The highest BCUT2D eigenvalue weighted by molar-refractivity contribution is 6.18. The summed E-state index contributed by atoms with van der Waals surface area (Å²) in [5.41, 5.74) is 4.71. The summed E-state index contributed by atoms with van der Waals surface area (Å²) in [5, 5.41) is 11.9. The second kappa shape index (κ2) is 7.12. The van der Waals surface area contributed by atoms with Crippen LogP contribution in [0.25, 0.3) is 10.9 Å². The van der Waals surface area contributed by atoms with Crippen LogP contribution in [0.2, 0.25) is 0 Å². The maximum Gasteiger partial charge on any atom is 0.294 e. The highest BCUT2D eigenvalue weighted by Crippen LogP contribution is 2.46. The van der Waals surface area contributed by atoms with E-state index in [4.69, 9.17) is 0 Å². The van der Waals surface area contributed by atoms with Gasteiger partial charge in [-0.1, -0.05) is 45.0 Å². The topological polar surface area (TPSA) is 73.4 Å². The van der Waals surface area contributed by atoms with Crippen LogP contribution in [-0.4, -0.2) is 21.8 Å². The van der Waals surface area contributed by atoms with Crippen LogP contribution in [0.5, 0.6) is 0 Å². The summed E-state index contributed by atoms with van der Waals surface area (Å²) < 4.78 is 0. The molecule has 5 heteroatoms. The number of aliphatic hydroxyl groups excluding tert-OH is 1. The van der Waals surface area contributed by atoms with Crippen molar-refractivity contribution in [3.05, 3.63) is 76.2 Å². The van der Waals surface area contributed by atoms with Gasteiger partial charge < -0.3 is 10.1 Å². The number of amides is 1. The Balaban J connectivity index is 2.03. The van der Waals surface area contributed by atoms with Gasteiger partial charge in [0.05, 0.1) is 11.6 Å². The molecule has 2 heterocycles. The quantitative estimate of drug-likeness (QED) is 0.583. The third-order valence-electron chi connectivity index (χ3n) is 5.84. The van der Waals surface area contributed by atoms with Crippen molar-refractivity contribution < 1.29 is 14.7 Å². The van der Waals surface area contributed by atoms with Crippen molar-refractivity contribution in [2.75, 3.05) is 4.90 Å². The number of anilines is 1. The summed E-state index contributed by atoms with van der Waals surface area (Å²) in [4.78, 5) is 31.8. The van der Waals surface area contributed by atoms with Crippen molar-refractivity contribution in [2.45, 2.75) is 47.6 Å². The number of nitrogens with zero attached hydrogens (tertiary/aromatic N) is 1. The number of aryl methyl sites for hydroxylation is 3. The average molecular weight is 417 g/mol. The van der Waals surface area contributed by atoms with Crippen molar-refractivity contribution >= 4 is 28.3 Å². The van der Waals surface area contributed by atoms with Gasteiger partial charge in [0.2, 0.25) is 0 Å². The van der Waals surface area contributed by atoms with Crippen LogP contribution in [0.4, 0.5) is 5.69 Å². The zero-order chi connectivity index (χ0) is 22.7. The molecule has 1 atom stereocenters. The normalized spacial score (nSPS) is 17.2. The van der Waals surface area contributed by atoms with Gasteiger partial charge in [0.1, 0.15) is 0 Å². The summed E-state index contributed by atoms with van der Waals surface area (Å²) in [6.45, 7) is 11.3. The molecule has 1 aliphatic heterocycles. The van der Waals surface area contributed by atoms with Gasteiger partial charge in [0.25, 0.3) is 5.91 Å². The molecule has 0 aliphatic carbocycles. The molecule has 160 valence electrons. The van der Waals surface area contributed by atoms with Crippen molar-refractivity contribution in [2.24, 2.45) is 5.41 Å². The number of aromatic amines is 1. The van der Waals surface area contributed by atoms with Crippen LogP contribution in [-0.2, 0) is 9.59 Å². The van der Waals surface area contributed by atoms with E-state index < -0.39 is 23.1 Å². The lowest BCUT2D eigenvalue weighted by atomic mass is 9.81. The highest BCUT2D eigenvalue weighted by atomic mass is 16.3. The summed E-state index contributed by atoms with van der Waals surface area (Å²) >= 11 is 0. The number of hydrogen-bond donors (Lipinski definition) is 2. The molecular formula is C26H28N2O3. The van der Waals surface area contributed by atoms with Crippen LogP contribution in [0.15, 0.2) is 53.8 Å². The Bertz CT molecular complexity index is 1240. The molecule has 2 aromatic carbocycles. The number of Topliss-reactive ketones (excluding diaryl/α,β-unsaturated/α-hetero) is 1. The van der Waals surface area contributed by atoms with Crippen LogP contribution >= 0.6 is 0 Å². The summed E-state index contributed by atoms with van der Waals surface area (Å²) in [6.07, 6.45) is 0. The third-order valence-corrected chi connectivity index (χ3v) is 5.84. The Kier molecular flexibility index (Phi) is 4.80. The smallest absolute Gasteiger partial charge is 0.294 e. The van der Waals surface area contributed by atoms with E-state index in [1.807, 2.05) is 63.2 Å². The molecule has 0 spiro atoms. The Morgan fingerprint density at radius 2 is 1.65 bits per heavy atom. The van der Waals surface area contributed by atoms with Gasteiger partial charge in [0, 0.05) is 33.3 Å². The Hall–Kier alpha value is -3.34. The minimum Gasteiger partial charge on any atom is -0.503 e. The van der Waals surface area contributed by atoms with Crippen molar-refractivity contribution in [3.63, 3.8) is 0 Å². The number of fused-ring (bicyclic) bond motifs is 1. The summed E-state index contributed by atoms with van der Waals surface area (Å²) in [7, 11) is 0. The molecule has 0 radical (unpaired) electrons. The number of ketones is 1. The molecule has 0 fully saturated rings. The number of carbonyl (C=O) groups is 2. The number of aromatic nitrogens is 1. The van der Waals surface area contributed by atoms with Crippen molar-refractivity contribution in [1.29, 1.82) is 0 Å². The Labute approximate surface area is 182 Å². The molecule has 1 aliphatic rings. The first-order valence-corrected chi connectivity index (χ1v) is 10.5. The van der Waals surface area contributed by atoms with Gasteiger partial charge in [-0.2, -0.15) is 0 Å². The highest BCUT2D eigenvalue weighted by Gasteiger charge is 2.48. The minimum atomic E-state index is -0.750. The number of para-hydroxylation sites is 1. The fourth-order valence-corrected chi connectivity index (χ4v) is 4.52. The predicted octanol–water partition coefficient (Wildman–Crippen LogP) is 5.61. The second-order valence-corrected chi connectivity index (χ2v) is 9.47. The van der Waals surface area contributed by atoms with Crippen molar-refractivity contribution in [3.8, 4) is 0 Å². The molecule has 1 aromatic heterocycles. The summed E-state index contributed by atoms with van der Waals surface area (Å²) in [6, 6.07) is 13.0. The molecule has 2 N–H and O–H groups in total. The molecule has 0 bridgehead atoms. The van der Waals surface area contributed by atoms with Crippen molar-refractivity contribution in [1.82, 2.24) is 4.98 Å². The van der Waals surface area contributed by atoms with Gasteiger partial charge in [0.15, 0.2) is 11.5 Å². The number of carbonyl (C=O) groups excluding carboxylic acids is 2. The first kappa shape index (κ1) is 20.9. The zero-order valence-corrected chi connectivity index (χ0v) is 18.8. The van der Waals surface area contributed by atoms with Crippen LogP contribution in [0.1, 0.15) is 49.2 Å². The predicted molar refractivity (Wildman–Crippen MR) is 123 cm³/mol. The van der Waals surface area contributed by atoms with E-state index in [0.29, 0.717) is 5.69 Å². The maximum atomic E-state index is 13.5. The lowest BCUT2D eigenvalue weighted by molar-refractivity contribution is -0.123. The SMILES string of the molecule is Cc1cc(C)cc(N2C(=O)C(O)=C(C(=O)C(C)(C)C)C2c2c(C)[nH]c3ccccc23)c1. The molecule has 3 aromatic rings. The van der Waals surface area contributed by atoms with Gasteiger partial charge >= 0.3 is 0 Å². The molecule has 0 saturated heterocycles. The van der Waals surface area contributed by atoms with Crippen LogP contribution in [0, 0.1) is 26.2 Å². The van der Waals surface area contributed by atoms with E-state index >= 15 is 0 Å². The van der Waals surface area contributed by atoms with Crippen LogP contribution in [0.3, 0.4) is 0 Å². The fourth-order valence-electron chi connectivity index (χ4n) is 4.52. The molecule has 1 unspecified atom stereocenters. The Morgan fingerprint density at radius 3 is 2.26 bits per heavy atom. The van der Waals surface area contributed by atoms with Gasteiger partial charge in [-0.15, -0.1) is 0 Å². The lowest BCUT2D eigenvalue weighted by Gasteiger charge is -2.29. The monoisotopic (exact) mass is 416 g/mol. The molecule has 31 heavy (non-hydrogen) atoms. The first-order chi connectivity index (χ1) is 14.5. The van der Waals surface area contributed by atoms with Gasteiger partial charge in [-0.05, 0) is 50.1 Å². The number of H-pyrrole nitrogens is 1. The summed E-state index contributed by atoms with van der Waals surface area (Å²) in [5.74, 6) is -1.25.